The lowest BCUT2D eigenvalue weighted by molar-refractivity contribution is -0.143. The van der Waals surface area contributed by atoms with Crippen LogP contribution in [0.5, 0.6) is 0 Å². The molecule has 0 heterocycles. The second-order valence-corrected chi connectivity index (χ2v) is 8.68. The van der Waals surface area contributed by atoms with Crippen LogP contribution in [0.25, 0.3) is 11.1 Å². The van der Waals surface area contributed by atoms with E-state index in [-0.39, 0.29) is 18.1 Å². The number of likely N-dealkylation sites (N-methyl/N-ethyl adjacent to an activating group) is 1. The van der Waals surface area contributed by atoms with E-state index in [1.165, 1.54) is 18.9 Å². The number of benzene rings is 3. The Morgan fingerprint density at radius 2 is 1.23 bits per heavy atom. The van der Waals surface area contributed by atoms with Gasteiger partial charge in [-0.05, 0) is 61.2 Å². The quantitative estimate of drug-likeness (QED) is 0.330. The Kier molecular flexibility index (Phi) is 7.07. The molecule has 1 atom stereocenters. The average Bonchev–Trinajstić information content (AvgIpc) is 2.81. The number of alkyl halides is 6. The molecule has 8 heteroatoms. The summed E-state index contributed by atoms with van der Waals surface area (Å²) in [4.78, 5) is 15.1. The summed E-state index contributed by atoms with van der Waals surface area (Å²) >= 11 is 0. The number of hydrogen-bond donors (Lipinski definition) is 0. The fraction of sp³-hybridized carbons (Fsp3) is 0.296. The lowest BCUT2D eigenvalue weighted by Crippen LogP contribution is -2.43. The predicted octanol–water partition coefficient (Wildman–Crippen LogP) is 8.03. The molecule has 1 amide bonds. The Morgan fingerprint density at radius 3 is 1.71 bits per heavy atom. The van der Waals surface area contributed by atoms with Crippen molar-refractivity contribution in [3.8, 4) is 11.1 Å². The third-order valence-electron chi connectivity index (χ3n) is 6.41. The fourth-order valence-electron chi connectivity index (χ4n) is 4.10. The molecular formula is C27H25F6NO. The van der Waals surface area contributed by atoms with Crippen molar-refractivity contribution in [2.75, 3.05) is 11.9 Å². The first kappa shape index (κ1) is 26.3. The largest absolute Gasteiger partial charge is 0.416 e. The number of hydrogen-bond acceptors (Lipinski definition) is 1. The van der Waals surface area contributed by atoms with Gasteiger partial charge in [-0.15, -0.1) is 0 Å². The molecule has 0 fully saturated rings. The Bertz CT molecular complexity index is 1200. The van der Waals surface area contributed by atoms with Crippen LogP contribution in [-0.2, 0) is 22.6 Å². The molecule has 0 spiro atoms. The number of para-hydroxylation sites is 1. The van der Waals surface area contributed by atoms with E-state index in [4.69, 9.17) is 0 Å². The minimum atomic E-state index is -5.00. The van der Waals surface area contributed by atoms with Gasteiger partial charge in [0.25, 0.3) is 0 Å². The SMILES string of the molecule is CCC(C)(C(=O)N(C)c1ccccc1-c1ccccc1C)c1cc(C(F)(F)F)cc(C(F)(F)F)c1. The maximum atomic E-state index is 13.8. The highest BCUT2D eigenvalue weighted by Crippen LogP contribution is 2.41. The summed E-state index contributed by atoms with van der Waals surface area (Å²) in [5, 5.41) is 0. The van der Waals surface area contributed by atoms with Crippen LogP contribution in [0.2, 0.25) is 0 Å². The van der Waals surface area contributed by atoms with Crippen molar-refractivity contribution >= 4 is 11.6 Å². The van der Waals surface area contributed by atoms with Crippen LogP contribution in [0.1, 0.15) is 42.5 Å². The second kappa shape index (κ2) is 9.40. The second-order valence-electron chi connectivity index (χ2n) is 8.68. The van der Waals surface area contributed by atoms with Crippen LogP contribution in [0, 0.1) is 6.92 Å². The van der Waals surface area contributed by atoms with E-state index in [9.17, 15) is 31.1 Å². The summed E-state index contributed by atoms with van der Waals surface area (Å²) in [7, 11) is 1.48. The zero-order valence-corrected chi connectivity index (χ0v) is 19.7. The van der Waals surface area contributed by atoms with Gasteiger partial charge in [-0.3, -0.25) is 4.79 Å². The van der Waals surface area contributed by atoms with Crippen LogP contribution >= 0.6 is 0 Å². The van der Waals surface area contributed by atoms with Crippen LogP contribution in [0.4, 0.5) is 32.0 Å². The van der Waals surface area contributed by atoms with Crippen LogP contribution in [-0.4, -0.2) is 13.0 Å². The summed E-state index contributed by atoms with van der Waals surface area (Å²) in [6, 6.07) is 15.9. The van der Waals surface area contributed by atoms with E-state index in [0.29, 0.717) is 17.8 Å². The third-order valence-corrected chi connectivity index (χ3v) is 6.41. The molecule has 0 aromatic heterocycles. The van der Waals surface area contributed by atoms with E-state index in [1.807, 2.05) is 37.3 Å². The smallest absolute Gasteiger partial charge is 0.314 e. The monoisotopic (exact) mass is 493 g/mol. The number of amides is 1. The molecule has 0 N–H and O–H groups in total. The van der Waals surface area contributed by atoms with Gasteiger partial charge in [0.2, 0.25) is 5.91 Å². The number of rotatable bonds is 5. The number of aryl methyl sites for hydroxylation is 1. The van der Waals surface area contributed by atoms with E-state index in [0.717, 1.165) is 16.7 Å². The first-order valence-electron chi connectivity index (χ1n) is 10.9. The van der Waals surface area contributed by atoms with Crippen molar-refractivity contribution in [2.45, 2.75) is 45.0 Å². The number of carbonyl (C=O) groups excluding carboxylic acids is 1. The maximum Gasteiger partial charge on any atom is 0.416 e. The fourth-order valence-corrected chi connectivity index (χ4v) is 4.10. The molecule has 35 heavy (non-hydrogen) atoms. The Labute approximate surface area is 200 Å². The van der Waals surface area contributed by atoms with E-state index >= 15 is 0 Å². The zero-order valence-electron chi connectivity index (χ0n) is 19.7. The molecule has 0 aliphatic carbocycles. The summed E-state index contributed by atoms with van der Waals surface area (Å²) in [6.07, 6.45) is -10.0. The van der Waals surface area contributed by atoms with Crippen LogP contribution in [0.3, 0.4) is 0 Å². The summed E-state index contributed by atoms with van der Waals surface area (Å²) < 4.78 is 80.8. The minimum absolute atomic E-state index is 0.0126. The normalized spacial score (nSPS) is 13.9. The average molecular weight is 493 g/mol. The van der Waals surface area contributed by atoms with Gasteiger partial charge in [-0.2, -0.15) is 26.3 Å². The standard InChI is InChI=1S/C27H25F6NO/c1-5-25(3,18-14-19(26(28,29)30)16-20(15-18)27(31,32)33)24(35)34(4)23-13-9-8-12-22(23)21-11-7-6-10-17(21)2/h6-16H,5H2,1-4H3. The van der Waals surface area contributed by atoms with Gasteiger partial charge in [-0.25, -0.2) is 0 Å². The van der Waals surface area contributed by atoms with Gasteiger partial charge >= 0.3 is 12.4 Å². The van der Waals surface area contributed by atoms with Gasteiger partial charge in [0.05, 0.1) is 22.2 Å². The van der Waals surface area contributed by atoms with Gasteiger partial charge in [0, 0.05) is 12.6 Å². The van der Waals surface area contributed by atoms with E-state index in [1.54, 1.807) is 25.1 Å². The van der Waals surface area contributed by atoms with Crippen LogP contribution < -0.4 is 4.90 Å². The number of halogens is 6. The lowest BCUT2D eigenvalue weighted by Gasteiger charge is -2.34. The van der Waals surface area contributed by atoms with Gasteiger partial charge in [0.15, 0.2) is 0 Å². The molecule has 0 aliphatic rings. The van der Waals surface area contributed by atoms with Crippen LogP contribution in [0.15, 0.2) is 66.7 Å². The Morgan fingerprint density at radius 1 is 0.771 bits per heavy atom. The number of carbonyl (C=O) groups is 1. The predicted molar refractivity (Wildman–Crippen MR) is 124 cm³/mol. The first-order chi connectivity index (χ1) is 16.2. The van der Waals surface area contributed by atoms with Crippen molar-refractivity contribution in [1.29, 1.82) is 0 Å². The highest BCUT2D eigenvalue weighted by molar-refractivity contribution is 6.03. The molecule has 2 nitrogen and oxygen atoms in total. The van der Waals surface area contributed by atoms with Gasteiger partial charge in [-0.1, -0.05) is 49.4 Å². The van der Waals surface area contributed by atoms with Gasteiger partial charge < -0.3 is 4.90 Å². The molecule has 0 radical (unpaired) electrons. The summed E-state index contributed by atoms with van der Waals surface area (Å²) in [6.45, 7) is 4.84. The molecule has 1 unspecified atom stereocenters. The molecule has 186 valence electrons. The van der Waals surface area contributed by atoms with Gasteiger partial charge in [0.1, 0.15) is 0 Å². The number of nitrogens with zero attached hydrogens (tertiary/aromatic N) is 1. The topological polar surface area (TPSA) is 20.3 Å². The highest BCUT2D eigenvalue weighted by Gasteiger charge is 2.42. The molecule has 3 aromatic carbocycles. The first-order valence-corrected chi connectivity index (χ1v) is 10.9. The Hall–Kier alpha value is -3.29. The highest BCUT2D eigenvalue weighted by atomic mass is 19.4. The summed E-state index contributed by atoms with van der Waals surface area (Å²) in [5.41, 5.74) is -1.85. The third kappa shape index (κ3) is 5.21. The molecule has 0 saturated heterocycles. The van der Waals surface area contributed by atoms with Crippen molar-refractivity contribution in [1.82, 2.24) is 0 Å². The molecule has 0 aliphatic heterocycles. The van der Waals surface area contributed by atoms with E-state index < -0.39 is 34.8 Å². The van der Waals surface area contributed by atoms with Crippen molar-refractivity contribution in [3.05, 3.63) is 89.0 Å². The Balaban J connectivity index is 2.15. The number of anilines is 1. The molecule has 3 aromatic rings. The van der Waals surface area contributed by atoms with Crippen molar-refractivity contribution < 1.29 is 31.1 Å². The lowest BCUT2D eigenvalue weighted by atomic mass is 9.77. The molecular weight excluding hydrogens is 468 g/mol. The van der Waals surface area contributed by atoms with Crippen molar-refractivity contribution in [3.63, 3.8) is 0 Å². The molecule has 0 saturated carbocycles. The molecule has 3 rings (SSSR count). The maximum absolute atomic E-state index is 13.8. The molecule has 0 bridgehead atoms. The minimum Gasteiger partial charge on any atom is -0.314 e. The van der Waals surface area contributed by atoms with E-state index in [2.05, 4.69) is 0 Å². The zero-order chi connectivity index (χ0) is 26.2. The summed E-state index contributed by atoms with van der Waals surface area (Å²) in [5.74, 6) is -0.617. The van der Waals surface area contributed by atoms with Crippen molar-refractivity contribution in [2.24, 2.45) is 0 Å².